The van der Waals surface area contributed by atoms with Gasteiger partial charge in [-0.05, 0) is 56.5 Å². The van der Waals surface area contributed by atoms with E-state index in [2.05, 4.69) is 10.0 Å². The Kier molecular flexibility index (Phi) is 5.37. The fourth-order valence-electron chi connectivity index (χ4n) is 2.33. The van der Waals surface area contributed by atoms with Crippen LogP contribution in [0.15, 0.2) is 23.1 Å². The molecule has 0 amide bonds. The smallest absolute Gasteiger partial charge is 0.243 e. The summed E-state index contributed by atoms with van der Waals surface area (Å²) in [6.45, 7) is 2.24. The van der Waals surface area contributed by atoms with Crippen molar-refractivity contribution >= 4 is 21.6 Å². The molecule has 1 heterocycles. The van der Waals surface area contributed by atoms with Gasteiger partial charge in [-0.3, -0.25) is 0 Å². The third-order valence-corrected chi connectivity index (χ3v) is 5.14. The molecule has 112 valence electrons. The topological polar surface area (TPSA) is 58.2 Å². The van der Waals surface area contributed by atoms with Gasteiger partial charge in [-0.15, -0.1) is 0 Å². The molecule has 0 aliphatic carbocycles. The summed E-state index contributed by atoms with van der Waals surface area (Å²) in [6, 6.07) is 3.51. The Morgan fingerprint density at radius 3 is 2.95 bits per heavy atom. The second kappa shape index (κ2) is 6.85. The highest BCUT2D eigenvalue weighted by molar-refractivity contribution is 7.89. The van der Waals surface area contributed by atoms with Crippen LogP contribution in [0.5, 0.6) is 0 Å². The van der Waals surface area contributed by atoms with Crippen molar-refractivity contribution < 1.29 is 12.8 Å². The monoisotopic (exact) mass is 320 g/mol. The molecular weight excluding hydrogens is 303 g/mol. The average molecular weight is 321 g/mol. The molecule has 1 saturated heterocycles. The molecule has 1 fully saturated rings. The lowest BCUT2D eigenvalue weighted by Crippen LogP contribution is -2.33. The number of rotatable bonds is 5. The normalized spacial score (nSPS) is 20.0. The van der Waals surface area contributed by atoms with Gasteiger partial charge in [0.1, 0.15) is 10.7 Å². The number of hydrogen-bond acceptors (Lipinski definition) is 3. The summed E-state index contributed by atoms with van der Waals surface area (Å²) in [5.41, 5.74) is 0. The molecule has 0 saturated carbocycles. The van der Waals surface area contributed by atoms with Gasteiger partial charge in [0.15, 0.2) is 0 Å². The highest BCUT2D eigenvalue weighted by atomic mass is 35.5. The summed E-state index contributed by atoms with van der Waals surface area (Å²) in [5, 5.41) is 3.47. The van der Waals surface area contributed by atoms with E-state index in [1.54, 1.807) is 0 Å². The van der Waals surface area contributed by atoms with Crippen molar-refractivity contribution in [1.82, 2.24) is 10.0 Å². The molecule has 4 nitrogen and oxygen atoms in total. The average Bonchev–Trinajstić information content (AvgIpc) is 2.42. The van der Waals surface area contributed by atoms with E-state index in [4.69, 9.17) is 11.6 Å². The van der Waals surface area contributed by atoms with E-state index in [0.717, 1.165) is 44.5 Å². The Bertz CT molecular complexity index is 559. The molecular formula is C13H18ClFN2O2S. The van der Waals surface area contributed by atoms with Gasteiger partial charge >= 0.3 is 0 Å². The van der Waals surface area contributed by atoms with Crippen LogP contribution in [0, 0.1) is 11.7 Å². The second-order valence-corrected chi connectivity index (χ2v) is 7.15. The number of hydrogen-bond donors (Lipinski definition) is 2. The van der Waals surface area contributed by atoms with Crippen LogP contribution in [-0.4, -0.2) is 28.1 Å². The lowest BCUT2D eigenvalue weighted by atomic mass is 9.96. The van der Waals surface area contributed by atoms with E-state index in [1.807, 2.05) is 0 Å². The van der Waals surface area contributed by atoms with Gasteiger partial charge in [0.2, 0.25) is 10.0 Å². The summed E-state index contributed by atoms with van der Waals surface area (Å²) >= 11 is 5.71. The summed E-state index contributed by atoms with van der Waals surface area (Å²) in [5.74, 6) is -0.322. The fourth-order valence-corrected chi connectivity index (χ4v) is 3.71. The molecule has 0 radical (unpaired) electrons. The number of halogens is 2. The van der Waals surface area contributed by atoms with E-state index in [1.165, 1.54) is 6.07 Å². The van der Waals surface area contributed by atoms with Crippen LogP contribution in [-0.2, 0) is 10.0 Å². The van der Waals surface area contributed by atoms with Gasteiger partial charge in [0.05, 0.1) is 0 Å². The maximum absolute atomic E-state index is 13.6. The van der Waals surface area contributed by atoms with Crippen molar-refractivity contribution in [2.45, 2.75) is 24.2 Å². The maximum Gasteiger partial charge on any atom is 0.243 e. The van der Waals surface area contributed by atoms with Crippen molar-refractivity contribution in [3.05, 3.63) is 29.0 Å². The van der Waals surface area contributed by atoms with Gasteiger partial charge in [-0.1, -0.05) is 11.6 Å². The Morgan fingerprint density at radius 1 is 1.45 bits per heavy atom. The van der Waals surface area contributed by atoms with Crippen molar-refractivity contribution in [1.29, 1.82) is 0 Å². The molecule has 20 heavy (non-hydrogen) atoms. The maximum atomic E-state index is 13.6. The zero-order valence-electron chi connectivity index (χ0n) is 11.0. The van der Waals surface area contributed by atoms with E-state index < -0.39 is 20.7 Å². The van der Waals surface area contributed by atoms with E-state index in [-0.39, 0.29) is 5.02 Å². The molecule has 0 aromatic heterocycles. The molecule has 1 aromatic carbocycles. The molecule has 2 rings (SSSR count). The van der Waals surface area contributed by atoms with E-state index >= 15 is 0 Å². The summed E-state index contributed by atoms with van der Waals surface area (Å²) in [4.78, 5) is -0.397. The van der Waals surface area contributed by atoms with Crippen LogP contribution in [0.3, 0.4) is 0 Å². The predicted octanol–water partition coefficient (Wildman–Crippen LogP) is 2.15. The Morgan fingerprint density at radius 2 is 2.25 bits per heavy atom. The highest BCUT2D eigenvalue weighted by Gasteiger charge is 2.20. The van der Waals surface area contributed by atoms with Gasteiger partial charge in [-0.25, -0.2) is 17.5 Å². The molecule has 0 bridgehead atoms. The quantitative estimate of drug-likeness (QED) is 0.874. The molecule has 1 aromatic rings. The first-order valence-electron chi connectivity index (χ1n) is 6.64. The first kappa shape index (κ1) is 15.7. The highest BCUT2D eigenvalue weighted by Crippen LogP contribution is 2.20. The molecule has 7 heteroatoms. The van der Waals surface area contributed by atoms with Crippen LogP contribution in [0.25, 0.3) is 0 Å². The lowest BCUT2D eigenvalue weighted by Gasteiger charge is -2.22. The minimum absolute atomic E-state index is 0.197. The second-order valence-electron chi connectivity index (χ2n) is 4.97. The third kappa shape index (κ3) is 4.15. The minimum Gasteiger partial charge on any atom is -0.316 e. The number of nitrogens with one attached hydrogen (secondary N) is 2. The van der Waals surface area contributed by atoms with E-state index in [9.17, 15) is 12.8 Å². The minimum atomic E-state index is -3.84. The van der Waals surface area contributed by atoms with Crippen LogP contribution in [0.4, 0.5) is 4.39 Å². The Balaban J connectivity index is 1.95. The summed E-state index contributed by atoms with van der Waals surface area (Å²) < 4.78 is 40.0. The largest absolute Gasteiger partial charge is 0.316 e. The van der Waals surface area contributed by atoms with Gasteiger partial charge in [0.25, 0.3) is 0 Å². The van der Waals surface area contributed by atoms with Crippen molar-refractivity contribution in [3.63, 3.8) is 0 Å². The van der Waals surface area contributed by atoms with Crippen LogP contribution < -0.4 is 10.0 Å². The number of piperidine rings is 1. The van der Waals surface area contributed by atoms with Crippen molar-refractivity contribution in [2.75, 3.05) is 19.6 Å². The SMILES string of the molecule is O=S(=O)(NCCC1CCCNC1)c1cc(Cl)ccc1F. The molecule has 1 atom stereocenters. The molecule has 1 aliphatic rings. The Hall–Kier alpha value is -0.690. The van der Waals surface area contributed by atoms with E-state index in [0.29, 0.717) is 12.5 Å². The lowest BCUT2D eigenvalue weighted by molar-refractivity contribution is 0.358. The first-order valence-corrected chi connectivity index (χ1v) is 8.50. The molecule has 1 aliphatic heterocycles. The van der Waals surface area contributed by atoms with Crippen molar-refractivity contribution in [3.8, 4) is 0 Å². The standard InChI is InChI=1S/C13H18ClFN2O2S/c14-11-3-4-12(15)13(8-11)20(18,19)17-7-5-10-2-1-6-16-9-10/h3-4,8,10,16-17H,1-2,5-7,9H2. The van der Waals surface area contributed by atoms with Crippen LogP contribution in [0.2, 0.25) is 5.02 Å². The number of benzene rings is 1. The third-order valence-electron chi connectivity index (χ3n) is 3.43. The number of sulfonamides is 1. The fraction of sp³-hybridized carbons (Fsp3) is 0.538. The van der Waals surface area contributed by atoms with Gasteiger partial charge in [0, 0.05) is 11.6 Å². The summed E-state index contributed by atoms with van der Waals surface area (Å²) in [6.07, 6.45) is 2.95. The summed E-state index contributed by atoms with van der Waals surface area (Å²) in [7, 11) is -3.84. The first-order chi connectivity index (χ1) is 9.49. The van der Waals surface area contributed by atoms with Crippen LogP contribution >= 0.6 is 11.6 Å². The molecule has 0 spiro atoms. The van der Waals surface area contributed by atoms with Crippen molar-refractivity contribution in [2.24, 2.45) is 5.92 Å². The molecule has 1 unspecified atom stereocenters. The van der Waals surface area contributed by atoms with Gasteiger partial charge in [-0.2, -0.15) is 0 Å². The van der Waals surface area contributed by atoms with Crippen LogP contribution in [0.1, 0.15) is 19.3 Å². The zero-order valence-corrected chi connectivity index (χ0v) is 12.6. The zero-order chi connectivity index (χ0) is 14.6. The Labute approximate surface area is 123 Å². The van der Waals surface area contributed by atoms with Gasteiger partial charge < -0.3 is 5.32 Å². The predicted molar refractivity (Wildman–Crippen MR) is 76.8 cm³/mol. The molecule has 2 N–H and O–H groups in total.